The van der Waals surface area contributed by atoms with Crippen molar-refractivity contribution in [3.8, 4) is 11.3 Å². The van der Waals surface area contributed by atoms with Crippen LogP contribution >= 0.6 is 11.6 Å². The van der Waals surface area contributed by atoms with Crippen LogP contribution in [-0.2, 0) is 6.54 Å². The van der Waals surface area contributed by atoms with E-state index in [1.54, 1.807) is 0 Å². The number of H-pyrrole nitrogens is 1. The van der Waals surface area contributed by atoms with Crippen LogP contribution in [0.4, 0.5) is 11.5 Å². The summed E-state index contributed by atoms with van der Waals surface area (Å²) in [5, 5.41) is 0.640. The summed E-state index contributed by atoms with van der Waals surface area (Å²) in [6.45, 7) is 7.31. The number of para-hydroxylation sites is 1. The van der Waals surface area contributed by atoms with Crippen molar-refractivity contribution in [2.75, 3.05) is 36.8 Å². The summed E-state index contributed by atoms with van der Waals surface area (Å²) in [6, 6.07) is 20.9. The van der Waals surface area contributed by atoms with Gasteiger partial charge in [-0.3, -0.25) is 19.2 Å². The van der Waals surface area contributed by atoms with Crippen LogP contribution in [0.2, 0.25) is 5.02 Å². The van der Waals surface area contributed by atoms with E-state index in [0.29, 0.717) is 41.7 Å². The van der Waals surface area contributed by atoms with E-state index < -0.39 is 17.3 Å². The van der Waals surface area contributed by atoms with Gasteiger partial charge < -0.3 is 15.1 Å². The van der Waals surface area contributed by atoms with Gasteiger partial charge in [0.1, 0.15) is 23.4 Å². The molecule has 0 radical (unpaired) electrons. The number of furan rings is 1. The van der Waals surface area contributed by atoms with Gasteiger partial charge in [-0.25, -0.2) is 4.79 Å². The molecule has 1 fully saturated rings. The molecule has 2 aromatic carbocycles. The van der Waals surface area contributed by atoms with Crippen molar-refractivity contribution in [1.82, 2.24) is 14.5 Å². The second-order valence-electron chi connectivity index (χ2n) is 10.0. The fourth-order valence-corrected chi connectivity index (χ4v) is 5.19. The molecule has 0 bridgehead atoms. The molecule has 3 N–H and O–H groups in total. The molecule has 8 nitrogen and oxygen atoms in total. The fraction of sp³-hybridized carbons (Fsp3) is 0.310. The van der Waals surface area contributed by atoms with Crippen LogP contribution in [0.3, 0.4) is 0 Å². The van der Waals surface area contributed by atoms with E-state index in [1.807, 2.05) is 68.4 Å². The van der Waals surface area contributed by atoms with Gasteiger partial charge in [0.2, 0.25) is 0 Å². The highest BCUT2D eigenvalue weighted by Crippen LogP contribution is 2.35. The van der Waals surface area contributed by atoms with Crippen LogP contribution in [0, 0.1) is 5.92 Å². The lowest BCUT2D eigenvalue weighted by Gasteiger charge is -2.39. The van der Waals surface area contributed by atoms with E-state index in [2.05, 4.69) is 26.9 Å². The summed E-state index contributed by atoms with van der Waals surface area (Å²) in [5.74, 6) is 1.60. The first-order valence-corrected chi connectivity index (χ1v) is 13.2. The van der Waals surface area contributed by atoms with Gasteiger partial charge in [0.05, 0.1) is 5.56 Å². The minimum Gasteiger partial charge on any atom is -0.459 e. The number of nitrogens with one attached hydrogen (secondary N) is 1. The Labute approximate surface area is 226 Å². The number of nitrogens with zero attached hydrogens (tertiary/aromatic N) is 3. The summed E-state index contributed by atoms with van der Waals surface area (Å²) >= 11 is 6.07. The number of halogens is 1. The molecule has 5 rings (SSSR count). The zero-order valence-electron chi connectivity index (χ0n) is 21.6. The topological polar surface area (TPSA) is 100 Å². The van der Waals surface area contributed by atoms with Crippen LogP contribution in [0.5, 0.6) is 0 Å². The molecule has 1 aliphatic heterocycles. The van der Waals surface area contributed by atoms with Crippen molar-refractivity contribution < 1.29 is 4.42 Å². The quantitative estimate of drug-likeness (QED) is 0.360. The van der Waals surface area contributed by atoms with E-state index >= 15 is 0 Å². The SMILES string of the molecule is CC(C)Cn1c(N)c([C@@H](c2ccc(-c3ccc(Cl)cc3)o2)N2CCN(c3ccccc3)CC2)c(=O)[nH]c1=O. The fourth-order valence-electron chi connectivity index (χ4n) is 5.06. The summed E-state index contributed by atoms with van der Waals surface area (Å²) < 4.78 is 7.81. The number of piperazine rings is 1. The zero-order chi connectivity index (χ0) is 26.8. The molecule has 0 unspecified atom stereocenters. The summed E-state index contributed by atoms with van der Waals surface area (Å²) in [7, 11) is 0. The predicted molar refractivity (Wildman–Crippen MR) is 152 cm³/mol. The van der Waals surface area contributed by atoms with Crippen LogP contribution < -0.4 is 21.9 Å². The number of anilines is 2. The first-order valence-electron chi connectivity index (χ1n) is 12.8. The lowest BCUT2D eigenvalue weighted by atomic mass is 10.0. The van der Waals surface area contributed by atoms with Gasteiger partial charge in [-0.05, 0) is 54.4 Å². The van der Waals surface area contributed by atoms with Gasteiger partial charge >= 0.3 is 5.69 Å². The van der Waals surface area contributed by atoms with Crippen molar-refractivity contribution in [1.29, 1.82) is 0 Å². The average Bonchev–Trinajstić information content (AvgIpc) is 3.40. The third kappa shape index (κ3) is 5.28. The number of benzene rings is 2. The molecule has 0 spiro atoms. The van der Waals surface area contributed by atoms with Gasteiger partial charge in [-0.2, -0.15) is 0 Å². The number of nitrogen functional groups attached to an aromatic ring is 1. The van der Waals surface area contributed by atoms with Crippen molar-refractivity contribution in [2.45, 2.75) is 26.4 Å². The Bertz CT molecular complexity index is 1500. The highest BCUT2D eigenvalue weighted by Gasteiger charge is 2.33. The Morgan fingerprint density at radius 1 is 0.947 bits per heavy atom. The maximum atomic E-state index is 13.3. The highest BCUT2D eigenvalue weighted by molar-refractivity contribution is 6.30. The van der Waals surface area contributed by atoms with Crippen LogP contribution in [0.1, 0.15) is 31.2 Å². The number of rotatable bonds is 7. The normalized spacial score (nSPS) is 15.2. The number of hydrogen-bond acceptors (Lipinski definition) is 6. The first-order chi connectivity index (χ1) is 18.3. The second kappa shape index (κ2) is 10.9. The van der Waals surface area contributed by atoms with Gasteiger partial charge in [-0.15, -0.1) is 0 Å². The molecule has 1 saturated heterocycles. The monoisotopic (exact) mass is 533 g/mol. The smallest absolute Gasteiger partial charge is 0.329 e. The highest BCUT2D eigenvalue weighted by atomic mass is 35.5. The molecule has 1 atom stereocenters. The Balaban J connectivity index is 1.55. The maximum absolute atomic E-state index is 13.3. The third-order valence-electron chi connectivity index (χ3n) is 6.92. The Morgan fingerprint density at radius 2 is 1.63 bits per heavy atom. The molecule has 3 heterocycles. The molecule has 0 saturated carbocycles. The van der Waals surface area contributed by atoms with Gasteiger partial charge in [-0.1, -0.05) is 43.6 Å². The van der Waals surface area contributed by atoms with Crippen LogP contribution in [0.15, 0.2) is 80.7 Å². The summed E-state index contributed by atoms with van der Waals surface area (Å²) in [4.78, 5) is 33.0. The molecule has 9 heteroatoms. The maximum Gasteiger partial charge on any atom is 0.329 e. The van der Waals surface area contributed by atoms with Crippen molar-refractivity contribution >= 4 is 23.1 Å². The molecule has 38 heavy (non-hydrogen) atoms. The Morgan fingerprint density at radius 3 is 2.29 bits per heavy atom. The largest absolute Gasteiger partial charge is 0.459 e. The predicted octanol–water partition coefficient (Wildman–Crippen LogP) is 4.60. The minimum atomic E-state index is -0.559. The minimum absolute atomic E-state index is 0.168. The number of aromatic nitrogens is 2. The standard InChI is InChI=1S/C29H32ClN5O3/c1-19(2)18-35-27(31)25(28(36)32-29(35)37)26(24-13-12-23(38-24)20-8-10-21(30)11-9-20)34-16-14-33(15-17-34)22-6-4-3-5-7-22/h3-13,19,26H,14-18,31H2,1-2H3,(H,32,36,37)/t26-/m1/s1. The first kappa shape index (κ1) is 25.9. The molecule has 0 amide bonds. The number of hydrogen-bond donors (Lipinski definition) is 2. The lowest BCUT2D eigenvalue weighted by molar-refractivity contribution is 0.191. The van der Waals surface area contributed by atoms with Gasteiger partial charge in [0, 0.05) is 49.0 Å². The Hall–Kier alpha value is -3.75. The van der Waals surface area contributed by atoms with Crippen LogP contribution in [-0.4, -0.2) is 40.6 Å². The Kier molecular flexibility index (Phi) is 7.44. The molecule has 4 aromatic rings. The number of nitrogens with two attached hydrogens (primary N) is 1. The third-order valence-corrected chi connectivity index (χ3v) is 7.18. The molecule has 198 valence electrons. The summed E-state index contributed by atoms with van der Waals surface area (Å²) in [6.07, 6.45) is 0. The molecule has 2 aromatic heterocycles. The lowest BCUT2D eigenvalue weighted by Crippen LogP contribution is -2.49. The number of aromatic amines is 1. The molecule has 1 aliphatic rings. The van der Waals surface area contributed by atoms with E-state index in [0.717, 1.165) is 24.3 Å². The van der Waals surface area contributed by atoms with Crippen LogP contribution in [0.25, 0.3) is 11.3 Å². The van der Waals surface area contributed by atoms with E-state index in [9.17, 15) is 9.59 Å². The van der Waals surface area contributed by atoms with E-state index in [4.69, 9.17) is 21.8 Å². The van der Waals surface area contributed by atoms with Gasteiger partial charge in [0.15, 0.2) is 0 Å². The van der Waals surface area contributed by atoms with Crippen molar-refractivity contribution in [3.63, 3.8) is 0 Å². The molecular weight excluding hydrogens is 502 g/mol. The summed E-state index contributed by atoms with van der Waals surface area (Å²) in [5.41, 5.74) is 7.95. The molecular formula is C29H32ClN5O3. The van der Waals surface area contributed by atoms with Crippen molar-refractivity contribution in [3.05, 3.63) is 104 Å². The average molecular weight is 534 g/mol. The second-order valence-corrected chi connectivity index (χ2v) is 10.5. The molecule has 0 aliphatic carbocycles. The van der Waals surface area contributed by atoms with E-state index in [-0.39, 0.29) is 11.7 Å². The van der Waals surface area contributed by atoms with E-state index in [1.165, 1.54) is 4.57 Å². The van der Waals surface area contributed by atoms with Gasteiger partial charge in [0.25, 0.3) is 5.56 Å². The van der Waals surface area contributed by atoms with Crippen molar-refractivity contribution in [2.24, 2.45) is 5.92 Å². The zero-order valence-corrected chi connectivity index (χ0v) is 22.3.